The fourth-order valence-corrected chi connectivity index (χ4v) is 4.71. The smallest absolute Gasteiger partial charge is 0.243 e. The molecule has 0 spiro atoms. The molecule has 2 aromatic rings. The zero-order valence-electron chi connectivity index (χ0n) is 13.6. The van der Waals surface area contributed by atoms with Crippen molar-refractivity contribution in [3.63, 3.8) is 0 Å². The van der Waals surface area contributed by atoms with Crippen LogP contribution in [0.5, 0.6) is 0 Å². The van der Waals surface area contributed by atoms with Crippen LogP contribution < -0.4 is 0 Å². The highest BCUT2D eigenvalue weighted by atomic mass is 35.5. The molecule has 0 amide bonds. The molecule has 0 bridgehead atoms. The molecule has 0 aliphatic carbocycles. The van der Waals surface area contributed by atoms with Crippen LogP contribution in [0.1, 0.15) is 5.56 Å². The van der Waals surface area contributed by atoms with Crippen LogP contribution >= 0.6 is 23.2 Å². The Morgan fingerprint density at radius 3 is 2.23 bits per heavy atom. The molecule has 4 nitrogen and oxygen atoms in total. The van der Waals surface area contributed by atoms with Gasteiger partial charge in [0.2, 0.25) is 10.0 Å². The Morgan fingerprint density at radius 2 is 1.62 bits per heavy atom. The van der Waals surface area contributed by atoms with Crippen molar-refractivity contribution in [3.8, 4) is 0 Å². The highest BCUT2D eigenvalue weighted by Crippen LogP contribution is 2.24. The molecule has 0 atom stereocenters. The molecule has 9 heteroatoms. The Hall–Kier alpha value is -1.25. The number of hydrogen-bond acceptors (Lipinski definition) is 3. The van der Waals surface area contributed by atoms with Gasteiger partial charge in [0.05, 0.1) is 4.90 Å². The fourth-order valence-electron chi connectivity index (χ4n) is 2.81. The van der Waals surface area contributed by atoms with Gasteiger partial charge in [0.25, 0.3) is 0 Å². The van der Waals surface area contributed by atoms with Crippen LogP contribution in [0.2, 0.25) is 10.0 Å². The SMILES string of the molecule is O=S(=O)(c1ccc(F)c(F)c1)N1CCN(Cc2ccc(Cl)cc2Cl)CC1. The van der Waals surface area contributed by atoms with E-state index in [-0.39, 0.29) is 18.0 Å². The van der Waals surface area contributed by atoms with Crippen molar-refractivity contribution in [1.29, 1.82) is 0 Å². The van der Waals surface area contributed by atoms with Gasteiger partial charge in [0.1, 0.15) is 0 Å². The first-order chi connectivity index (χ1) is 12.3. The van der Waals surface area contributed by atoms with Gasteiger partial charge in [0, 0.05) is 42.8 Å². The molecule has 0 unspecified atom stereocenters. The van der Waals surface area contributed by atoms with Crippen molar-refractivity contribution >= 4 is 33.2 Å². The van der Waals surface area contributed by atoms with Crippen LogP contribution in [0.4, 0.5) is 8.78 Å². The Labute approximate surface area is 161 Å². The number of hydrogen-bond donors (Lipinski definition) is 0. The van der Waals surface area contributed by atoms with Gasteiger partial charge < -0.3 is 0 Å². The third kappa shape index (κ3) is 4.18. The van der Waals surface area contributed by atoms with Crippen LogP contribution in [0.3, 0.4) is 0 Å². The van der Waals surface area contributed by atoms with Crippen molar-refractivity contribution in [2.24, 2.45) is 0 Å². The van der Waals surface area contributed by atoms with Gasteiger partial charge in [-0.05, 0) is 35.9 Å². The van der Waals surface area contributed by atoms with E-state index >= 15 is 0 Å². The van der Waals surface area contributed by atoms with Crippen molar-refractivity contribution in [1.82, 2.24) is 9.21 Å². The summed E-state index contributed by atoms with van der Waals surface area (Å²) < 4.78 is 52.9. The molecule has 0 saturated carbocycles. The molecule has 140 valence electrons. The molecule has 2 aromatic carbocycles. The van der Waals surface area contributed by atoms with E-state index in [0.29, 0.717) is 35.7 Å². The van der Waals surface area contributed by atoms with Gasteiger partial charge in [-0.25, -0.2) is 17.2 Å². The van der Waals surface area contributed by atoms with Crippen LogP contribution in [0.15, 0.2) is 41.3 Å². The molecule has 1 aliphatic heterocycles. The predicted octanol–water partition coefficient (Wildman–Crippen LogP) is 3.78. The molecular weight excluding hydrogens is 405 g/mol. The molecule has 0 N–H and O–H groups in total. The normalized spacial score (nSPS) is 16.8. The Bertz CT molecular complexity index is 917. The maximum absolute atomic E-state index is 13.4. The largest absolute Gasteiger partial charge is 0.296 e. The summed E-state index contributed by atoms with van der Waals surface area (Å²) >= 11 is 12.1. The Kier molecular flexibility index (Phi) is 5.84. The summed E-state index contributed by atoms with van der Waals surface area (Å²) in [5.74, 6) is -2.25. The fraction of sp³-hybridized carbons (Fsp3) is 0.294. The van der Waals surface area contributed by atoms with Crippen molar-refractivity contribution in [2.75, 3.05) is 26.2 Å². The highest BCUT2D eigenvalue weighted by molar-refractivity contribution is 7.89. The van der Waals surface area contributed by atoms with Gasteiger partial charge in [-0.2, -0.15) is 4.31 Å². The summed E-state index contributed by atoms with van der Waals surface area (Å²) in [6.45, 7) is 2.10. The summed E-state index contributed by atoms with van der Waals surface area (Å²) in [6.07, 6.45) is 0. The van der Waals surface area contributed by atoms with E-state index in [1.54, 1.807) is 12.1 Å². The second kappa shape index (κ2) is 7.78. The van der Waals surface area contributed by atoms with Crippen LogP contribution in [-0.4, -0.2) is 43.8 Å². The molecule has 1 heterocycles. The quantitative estimate of drug-likeness (QED) is 0.755. The molecule has 3 rings (SSSR count). The number of benzene rings is 2. The van der Waals surface area contributed by atoms with Crippen LogP contribution in [0.25, 0.3) is 0 Å². The van der Waals surface area contributed by atoms with E-state index in [4.69, 9.17) is 23.2 Å². The summed E-state index contributed by atoms with van der Waals surface area (Å²) in [6, 6.07) is 7.88. The topological polar surface area (TPSA) is 40.6 Å². The lowest BCUT2D eigenvalue weighted by atomic mass is 10.2. The zero-order chi connectivity index (χ0) is 18.9. The lowest BCUT2D eigenvalue weighted by molar-refractivity contribution is 0.181. The Morgan fingerprint density at radius 1 is 0.923 bits per heavy atom. The van der Waals surface area contributed by atoms with Gasteiger partial charge in [-0.1, -0.05) is 29.3 Å². The van der Waals surface area contributed by atoms with Gasteiger partial charge in [-0.15, -0.1) is 0 Å². The van der Waals surface area contributed by atoms with E-state index < -0.39 is 21.7 Å². The number of halogens is 4. The standard InChI is InChI=1S/C17H16Cl2F2N2O2S/c18-13-2-1-12(15(19)9-13)11-22-5-7-23(8-6-22)26(24,25)14-3-4-16(20)17(21)10-14/h1-4,9-10H,5-8,11H2. The molecule has 0 radical (unpaired) electrons. The van der Waals surface area contributed by atoms with Crippen LogP contribution in [-0.2, 0) is 16.6 Å². The highest BCUT2D eigenvalue weighted by Gasteiger charge is 2.29. The molecule has 1 saturated heterocycles. The second-order valence-electron chi connectivity index (χ2n) is 5.99. The van der Waals surface area contributed by atoms with Gasteiger partial charge >= 0.3 is 0 Å². The average Bonchev–Trinajstić information content (AvgIpc) is 2.60. The zero-order valence-corrected chi connectivity index (χ0v) is 16.0. The summed E-state index contributed by atoms with van der Waals surface area (Å²) in [5, 5.41) is 1.12. The number of nitrogens with zero attached hydrogens (tertiary/aromatic N) is 2. The van der Waals surface area contributed by atoms with E-state index in [2.05, 4.69) is 4.90 Å². The van der Waals surface area contributed by atoms with Crippen molar-refractivity contribution in [2.45, 2.75) is 11.4 Å². The number of rotatable bonds is 4. The number of sulfonamides is 1. The molecule has 0 aromatic heterocycles. The first-order valence-electron chi connectivity index (χ1n) is 7.89. The maximum Gasteiger partial charge on any atom is 0.243 e. The first-order valence-corrected chi connectivity index (χ1v) is 10.1. The van der Waals surface area contributed by atoms with Crippen molar-refractivity contribution < 1.29 is 17.2 Å². The second-order valence-corrected chi connectivity index (χ2v) is 8.77. The summed E-state index contributed by atoms with van der Waals surface area (Å²) in [4.78, 5) is 1.83. The monoisotopic (exact) mass is 420 g/mol. The summed E-state index contributed by atoms with van der Waals surface area (Å²) in [5.41, 5.74) is 0.910. The maximum atomic E-state index is 13.4. The minimum absolute atomic E-state index is 0.245. The third-order valence-electron chi connectivity index (χ3n) is 4.27. The molecule has 1 fully saturated rings. The average molecular weight is 421 g/mol. The molecule has 1 aliphatic rings. The van der Waals surface area contributed by atoms with E-state index in [0.717, 1.165) is 17.7 Å². The third-order valence-corrected chi connectivity index (χ3v) is 6.75. The lowest BCUT2D eigenvalue weighted by Crippen LogP contribution is -2.48. The van der Waals surface area contributed by atoms with E-state index in [1.165, 1.54) is 4.31 Å². The Balaban J connectivity index is 1.66. The van der Waals surface area contributed by atoms with Crippen molar-refractivity contribution in [3.05, 3.63) is 63.6 Å². The minimum atomic E-state index is -3.85. The van der Waals surface area contributed by atoms with Gasteiger partial charge in [0.15, 0.2) is 11.6 Å². The lowest BCUT2D eigenvalue weighted by Gasteiger charge is -2.34. The predicted molar refractivity (Wildman–Crippen MR) is 96.9 cm³/mol. The van der Waals surface area contributed by atoms with E-state index in [1.807, 2.05) is 6.07 Å². The molecular formula is C17H16Cl2F2N2O2S. The number of piperazine rings is 1. The summed E-state index contributed by atoms with van der Waals surface area (Å²) in [7, 11) is -3.85. The van der Waals surface area contributed by atoms with E-state index in [9.17, 15) is 17.2 Å². The van der Waals surface area contributed by atoms with Gasteiger partial charge in [-0.3, -0.25) is 4.90 Å². The molecule has 26 heavy (non-hydrogen) atoms. The first kappa shape index (κ1) is 19.5. The van der Waals surface area contributed by atoms with Crippen LogP contribution in [0, 0.1) is 11.6 Å². The minimum Gasteiger partial charge on any atom is -0.296 e.